The van der Waals surface area contributed by atoms with Crippen molar-refractivity contribution in [2.75, 3.05) is 5.32 Å². The maximum absolute atomic E-state index is 13.2. The van der Waals surface area contributed by atoms with Crippen molar-refractivity contribution in [2.45, 2.75) is 13.3 Å². The lowest BCUT2D eigenvalue weighted by Gasteiger charge is -2.01. The van der Waals surface area contributed by atoms with Crippen molar-refractivity contribution in [2.24, 2.45) is 0 Å². The Morgan fingerprint density at radius 1 is 1.08 bits per heavy atom. The number of carbonyl (C=O) groups is 1. The average Bonchev–Trinajstić information content (AvgIpc) is 2.93. The lowest BCUT2D eigenvalue weighted by atomic mass is 10.1. The Bertz CT molecular complexity index is 860. The molecule has 1 aromatic carbocycles. The van der Waals surface area contributed by atoms with Gasteiger partial charge in [0.05, 0.1) is 11.9 Å². The van der Waals surface area contributed by atoms with E-state index in [1.807, 2.05) is 0 Å². The Morgan fingerprint density at radius 3 is 2.50 bits per heavy atom. The molecule has 5 nitrogen and oxygen atoms in total. The molecule has 0 spiro atoms. The van der Waals surface area contributed by atoms with Gasteiger partial charge in [0.1, 0.15) is 17.3 Å². The minimum absolute atomic E-state index is 0.185. The van der Waals surface area contributed by atoms with Crippen molar-refractivity contribution in [3.8, 4) is 0 Å². The Balaban J connectivity index is 1.69. The van der Waals surface area contributed by atoms with Gasteiger partial charge in [-0.15, -0.1) is 11.3 Å². The number of thiazole rings is 1. The fourth-order valence-corrected chi connectivity index (χ4v) is 2.87. The van der Waals surface area contributed by atoms with Gasteiger partial charge in [-0.3, -0.25) is 15.1 Å². The second-order valence-electron chi connectivity index (χ2n) is 5.08. The minimum Gasteiger partial charge on any atom is -0.296 e. The molecule has 2 heterocycles. The standard InChI is InChI=1S/C16H12F2N4OS/c1-9-6-20-14(8-19-9)15(23)22-16-21-7-13(24-16)4-10-2-11(17)5-12(18)3-10/h2-3,5-8H,4H2,1H3,(H,21,22,23). The van der Waals surface area contributed by atoms with E-state index in [4.69, 9.17) is 0 Å². The maximum Gasteiger partial charge on any atom is 0.277 e. The van der Waals surface area contributed by atoms with Crippen molar-refractivity contribution in [3.63, 3.8) is 0 Å². The van der Waals surface area contributed by atoms with E-state index < -0.39 is 17.5 Å². The summed E-state index contributed by atoms with van der Waals surface area (Å²) in [6.45, 7) is 1.77. The smallest absolute Gasteiger partial charge is 0.277 e. The summed E-state index contributed by atoms with van der Waals surface area (Å²) in [5.74, 6) is -1.66. The van der Waals surface area contributed by atoms with E-state index in [0.29, 0.717) is 22.8 Å². The molecule has 8 heteroatoms. The van der Waals surface area contributed by atoms with Crippen LogP contribution in [0.3, 0.4) is 0 Å². The average molecular weight is 346 g/mol. The number of nitrogens with zero attached hydrogens (tertiary/aromatic N) is 3. The van der Waals surface area contributed by atoms with Crippen LogP contribution in [-0.4, -0.2) is 20.9 Å². The topological polar surface area (TPSA) is 67.8 Å². The third-order valence-corrected chi connectivity index (χ3v) is 4.00. The van der Waals surface area contributed by atoms with Gasteiger partial charge in [-0.05, 0) is 24.6 Å². The number of anilines is 1. The van der Waals surface area contributed by atoms with Crippen LogP contribution in [0.4, 0.5) is 13.9 Å². The van der Waals surface area contributed by atoms with E-state index in [1.54, 1.807) is 13.1 Å². The van der Waals surface area contributed by atoms with Crippen LogP contribution in [0.5, 0.6) is 0 Å². The molecule has 0 aliphatic carbocycles. The second-order valence-corrected chi connectivity index (χ2v) is 6.20. The van der Waals surface area contributed by atoms with Crippen LogP contribution in [0.1, 0.15) is 26.6 Å². The molecule has 3 rings (SSSR count). The Hall–Kier alpha value is -2.74. The molecular weight excluding hydrogens is 334 g/mol. The summed E-state index contributed by atoms with van der Waals surface area (Å²) in [7, 11) is 0. The highest BCUT2D eigenvalue weighted by molar-refractivity contribution is 7.15. The number of amides is 1. The molecule has 1 N–H and O–H groups in total. The largest absolute Gasteiger partial charge is 0.296 e. The van der Waals surface area contributed by atoms with Crippen molar-refractivity contribution in [1.82, 2.24) is 15.0 Å². The van der Waals surface area contributed by atoms with E-state index in [2.05, 4.69) is 20.3 Å². The highest BCUT2D eigenvalue weighted by atomic mass is 32.1. The van der Waals surface area contributed by atoms with Crippen molar-refractivity contribution in [1.29, 1.82) is 0 Å². The molecule has 0 atom stereocenters. The van der Waals surface area contributed by atoms with Crippen LogP contribution in [0.25, 0.3) is 0 Å². The van der Waals surface area contributed by atoms with E-state index in [1.165, 1.54) is 35.9 Å². The number of hydrogen-bond acceptors (Lipinski definition) is 5. The zero-order valence-corrected chi connectivity index (χ0v) is 13.4. The van der Waals surface area contributed by atoms with Crippen LogP contribution in [-0.2, 0) is 6.42 Å². The number of hydrogen-bond donors (Lipinski definition) is 1. The fraction of sp³-hybridized carbons (Fsp3) is 0.125. The Morgan fingerprint density at radius 2 is 1.83 bits per heavy atom. The summed E-state index contributed by atoms with van der Waals surface area (Å²) in [5.41, 5.74) is 1.40. The molecule has 0 bridgehead atoms. The van der Waals surface area contributed by atoms with Gasteiger partial charge in [-0.2, -0.15) is 0 Å². The monoisotopic (exact) mass is 346 g/mol. The van der Waals surface area contributed by atoms with E-state index in [9.17, 15) is 13.6 Å². The highest BCUT2D eigenvalue weighted by Gasteiger charge is 2.11. The zero-order chi connectivity index (χ0) is 17.1. The van der Waals surface area contributed by atoms with Gasteiger partial charge in [-0.25, -0.2) is 18.7 Å². The molecule has 3 aromatic rings. The first-order valence-corrected chi connectivity index (χ1v) is 7.81. The normalized spacial score (nSPS) is 10.6. The van der Waals surface area contributed by atoms with Gasteiger partial charge in [0.25, 0.3) is 5.91 Å². The molecule has 0 saturated heterocycles. The fourth-order valence-electron chi connectivity index (χ4n) is 2.03. The molecule has 24 heavy (non-hydrogen) atoms. The number of halogens is 2. The van der Waals surface area contributed by atoms with Crippen LogP contribution < -0.4 is 5.32 Å². The zero-order valence-electron chi connectivity index (χ0n) is 12.6. The first-order valence-electron chi connectivity index (χ1n) is 6.99. The minimum atomic E-state index is -0.624. The van der Waals surface area contributed by atoms with Crippen molar-refractivity contribution in [3.05, 3.63) is 70.3 Å². The number of aryl methyl sites for hydroxylation is 1. The summed E-state index contributed by atoms with van der Waals surface area (Å²) < 4.78 is 26.4. The summed E-state index contributed by atoms with van der Waals surface area (Å²) >= 11 is 1.23. The second kappa shape index (κ2) is 6.79. The van der Waals surface area contributed by atoms with Crippen LogP contribution >= 0.6 is 11.3 Å². The van der Waals surface area contributed by atoms with Gasteiger partial charge in [0.15, 0.2) is 5.13 Å². The van der Waals surface area contributed by atoms with Crippen LogP contribution in [0, 0.1) is 18.6 Å². The molecule has 0 aliphatic rings. The van der Waals surface area contributed by atoms with Crippen molar-refractivity contribution >= 4 is 22.4 Å². The molecule has 0 aliphatic heterocycles. The lowest BCUT2D eigenvalue weighted by molar-refractivity contribution is 0.102. The molecule has 122 valence electrons. The van der Waals surface area contributed by atoms with Crippen LogP contribution in [0.15, 0.2) is 36.8 Å². The number of nitrogens with one attached hydrogen (secondary N) is 1. The summed E-state index contributed by atoms with van der Waals surface area (Å²) in [6, 6.07) is 3.36. The Kier molecular flexibility index (Phi) is 4.57. The SMILES string of the molecule is Cc1cnc(C(=O)Nc2ncc(Cc3cc(F)cc(F)c3)s2)cn1. The molecule has 0 unspecified atom stereocenters. The first kappa shape index (κ1) is 16.1. The van der Waals surface area contributed by atoms with Gasteiger partial charge in [0, 0.05) is 29.8 Å². The first-order chi connectivity index (χ1) is 11.5. The third-order valence-electron chi connectivity index (χ3n) is 3.09. The number of carbonyl (C=O) groups excluding carboxylic acids is 1. The summed E-state index contributed by atoms with van der Waals surface area (Å²) in [5, 5.41) is 3.01. The summed E-state index contributed by atoms with van der Waals surface area (Å²) in [6.07, 6.45) is 4.77. The molecule has 1 amide bonds. The number of benzene rings is 1. The molecular formula is C16H12F2N4OS. The van der Waals surface area contributed by atoms with Gasteiger partial charge < -0.3 is 0 Å². The lowest BCUT2D eigenvalue weighted by Crippen LogP contribution is -2.13. The molecule has 0 fully saturated rings. The highest BCUT2D eigenvalue weighted by Crippen LogP contribution is 2.22. The number of aromatic nitrogens is 3. The quantitative estimate of drug-likeness (QED) is 0.786. The summed E-state index contributed by atoms with van der Waals surface area (Å²) in [4.78, 5) is 24.9. The molecule has 2 aromatic heterocycles. The molecule has 0 saturated carbocycles. The van der Waals surface area contributed by atoms with Gasteiger partial charge in [0.2, 0.25) is 0 Å². The number of rotatable bonds is 4. The predicted molar refractivity (Wildman–Crippen MR) is 86.0 cm³/mol. The van der Waals surface area contributed by atoms with Crippen LogP contribution in [0.2, 0.25) is 0 Å². The van der Waals surface area contributed by atoms with E-state index >= 15 is 0 Å². The van der Waals surface area contributed by atoms with Gasteiger partial charge in [-0.1, -0.05) is 0 Å². The maximum atomic E-state index is 13.2. The third kappa shape index (κ3) is 3.96. The van der Waals surface area contributed by atoms with Crippen molar-refractivity contribution < 1.29 is 13.6 Å². The Labute approximate surface area is 140 Å². The predicted octanol–water partition coefficient (Wildman–Crippen LogP) is 3.36. The van der Waals surface area contributed by atoms with Gasteiger partial charge >= 0.3 is 0 Å². The molecule has 0 radical (unpaired) electrons. The van der Waals surface area contributed by atoms with E-state index in [0.717, 1.165) is 10.9 Å². The van der Waals surface area contributed by atoms with E-state index in [-0.39, 0.29) is 5.69 Å².